The molecule has 0 saturated heterocycles. The van der Waals surface area contributed by atoms with Crippen LogP contribution in [0, 0.1) is 11.8 Å². The molecule has 1 rings (SSSR count). The van der Waals surface area contributed by atoms with Gasteiger partial charge in [-0.15, -0.1) is 0 Å². The number of hydrogen-bond acceptors (Lipinski definition) is 2. The van der Waals surface area contributed by atoms with E-state index in [1.807, 2.05) is 0 Å². The quantitative estimate of drug-likeness (QED) is 0.770. The lowest BCUT2D eigenvalue weighted by molar-refractivity contribution is 0.184. The van der Waals surface area contributed by atoms with E-state index >= 15 is 0 Å². The number of methoxy groups -OCH3 is 1. The Morgan fingerprint density at radius 3 is 2.50 bits per heavy atom. The Hall–Kier alpha value is -1.12. The summed E-state index contributed by atoms with van der Waals surface area (Å²) >= 11 is 0. The summed E-state index contributed by atoms with van der Waals surface area (Å²) < 4.78 is 5.28. The highest BCUT2D eigenvalue weighted by Crippen LogP contribution is 2.18. The molecular formula is C18H29NO. The van der Waals surface area contributed by atoms with Crippen molar-refractivity contribution in [1.82, 2.24) is 5.32 Å². The molecule has 0 aromatic heterocycles. The van der Waals surface area contributed by atoms with Crippen molar-refractivity contribution in [3.63, 3.8) is 0 Å². The molecule has 20 heavy (non-hydrogen) atoms. The van der Waals surface area contributed by atoms with Crippen molar-refractivity contribution in [2.24, 2.45) is 11.8 Å². The second-order valence-electron chi connectivity index (χ2n) is 6.03. The fourth-order valence-electron chi connectivity index (χ4n) is 2.09. The number of hydrogen-bond donors (Lipinski definition) is 1. The van der Waals surface area contributed by atoms with Crippen LogP contribution in [0.15, 0.2) is 29.8 Å². The number of ether oxygens (including phenoxy) is 1. The Balaban J connectivity index is 2.85. The normalized spacial score (nSPS) is 12.4. The maximum Gasteiger partial charge on any atom is 0.0718 e. The van der Waals surface area contributed by atoms with Gasteiger partial charge in [-0.25, -0.2) is 0 Å². The fourth-order valence-corrected chi connectivity index (χ4v) is 2.09. The van der Waals surface area contributed by atoms with Gasteiger partial charge in [0.25, 0.3) is 0 Å². The van der Waals surface area contributed by atoms with Crippen LogP contribution in [0.1, 0.15) is 38.8 Å². The van der Waals surface area contributed by atoms with E-state index in [1.165, 1.54) is 16.7 Å². The smallest absolute Gasteiger partial charge is 0.0718 e. The van der Waals surface area contributed by atoms with E-state index in [2.05, 4.69) is 63.4 Å². The molecule has 0 saturated carbocycles. The summed E-state index contributed by atoms with van der Waals surface area (Å²) in [6.07, 6.45) is 2.31. The molecule has 2 heteroatoms. The molecule has 0 heterocycles. The lowest BCUT2D eigenvalue weighted by atomic mass is 9.98. The second kappa shape index (κ2) is 8.93. The Bertz CT molecular complexity index is 421. The largest absolute Gasteiger partial charge is 0.380 e. The van der Waals surface area contributed by atoms with Crippen molar-refractivity contribution in [1.29, 1.82) is 0 Å². The molecule has 0 bridgehead atoms. The van der Waals surface area contributed by atoms with Gasteiger partial charge < -0.3 is 10.1 Å². The van der Waals surface area contributed by atoms with Crippen molar-refractivity contribution in [3.05, 3.63) is 41.0 Å². The van der Waals surface area contributed by atoms with Gasteiger partial charge in [-0.1, -0.05) is 63.6 Å². The fraction of sp³-hybridized carbons (Fsp3) is 0.556. The summed E-state index contributed by atoms with van der Waals surface area (Å²) in [7, 11) is 1.74. The summed E-state index contributed by atoms with van der Waals surface area (Å²) in [5.41, 5.74) is 3.95. The van der Waals surface area contributed by atoms with Gasteiger partial charge in [-0.2, -0.15) is 0 Å². The van der Waals surface area contributed by atoms with Crippen molar-refractivity contribution in [3.8, 4) is 0 Å². The molecule has 0 aliphatic rings. The SMILES string of the molecule is COCc1ccccc1C=C(CNCC(C)C)C(C)C. The molecule has 0 aliphatic carbocycles. The molecular weight excluding hydrogens is 246 g/mol. The predicted molar refractivity (Wildman–Crippen MR) is 87.7 cm³/mol. The van der Waals surface area contributed by atoms with E-state index in [0.717, 1.165) is 13.1 Å². The zero-order valence-corrected chi connectivity index (χ0v) is 13.6. The summed E-state index contributed by atoms with van der Waals surface area (Å²) in [6, 6.07) is 8.45. The first kappa shape index (κ1) is 16.9. The molecule has 0 unspecified atom stereocenters. The monoisotopic (exact) mass is 275 g/mol. The van der Waals surface area contributed by atoms with Gasteiger partial charge in [0.1, 0.15) is 0 Å². The van der Waals surface area contributed by atoms with E-state index in [-0.39, 0.29) is 0 Å². The molecule has 0 amide bonds. The molecule has 2 nitrogen and oxygen atoms in total. The molecule has 0 fully saturated rings. The summed E-state index contributed by atoms with van der Waals surface area (Å²) in [5, 5.41) is 3.54. The van der Waals surface area contributed by atoms with Gasteiger partial charge in [0.15, 0.2) is 0 Å². The number of benzene rings is 1. The molecule has 1 aromatic rings. The zero-order chi connectivity index (χ0) is 15.0. The van der Waals surface area contributed by atoms with Crippen LogP contribution in [-0.2, 0) is 11.3 Å². The minimum Gasteiger partial charge on any atom is -0.380 e. The van der Waals surface area contributed by atoms with E-state index in [9.17, 15) is 0 Å². The van der Waals surface area contributed by atoms with Crippen molar-refractivity contribution >= 4 is 6.08 Å². The van der Waals surface area contributed by atoms with Gasteiger partial charge in [0, 0.05) is 13.7 Å². The minimum atomic E-state index is 0.547. The standard InChI is InChI=1S/C18H29NO/c1-14(2)11-19-12-18(15(3)4)10-16-8-6-7-9-17(16)13-20-5/h6-10,14-15,19H,11-13H2,1-5H3. The Morgan fingerprint density at radius 2 is 1.90 bits per heavy atom. The topological polar surface area (TPSA) is 21.3 Å². The van der Waals surface area contributed by atoms with Crippen molar-refractivity contribution in [2.75, 3.05) is 20.2 Å². The van der Waals surface area contributed by atoms with Crippen molar-refractivity contribution < 1.29 is 4.74 Å². The Kier molecular flexibility index (Phi) is 7.56. The Morgan fingerprint density at radius 1 is 1.20 bits per heavy atom. The highest BCUT2D eigenvalue weighted by Gasteiger charge is 2.06. The predicted octanol–water partition coefficient (Wildman–Crippen LogP) is 4.12. The highest BCUT2D eigenvalue weighted by molar-refractivity contribution is 5.57. The third kappa shape index (κ3) is 5.89. The van der Waals surface area contributed by atoms with Gasteiger partial charge in [-0.3, -0.25) is 0 Å². The first-order valence-corrected chi connectivity index (χ1v) is 7.52. The van der Waals surface area contributed by atoms with E-state index in [0.29, 0.717) is 18.4 Å². The zero-order valence-electron chi connectivity index (χ0n) is 13.6. The van der Waals surface area contributed by atoms with Crippen molar-refractivity contribution in [2.45, 2.75) is 34.3 Å². The third-order valence-corrected chi connectivity index (χ3v) is 3.32. The van der Waals surface area contributed by atoms with Crippen LogP contribution in [-0.4, -0.2) is 20.2 Å². The summed E-state index contributed by atoms with van der Waals surface area (Å²) in [4.78, 5) is 0. The van der Waals surface area contributed by atoms with Gasteiger partial charge in [-0.05, 0) is 29.5 Å². The third-order valence-electron chi connectivity index (χ3n) is 3.32. The molecule has 1 aromatic carbocycles. The lowest BCUT2D eigenvalue weighted by Crippen LogP contribution is -2.23. The lowest BCUT2D eigenvalue weighted by Gasteiger charge is -2.15. The first-order chi connectivity index (χ1) is 9.54. The number of rotatable bonds is 8. The van der Waals surface area contributed by atoms with Crippen LogP contribution in [0.25, 0.3) is 6.08 Å². The van der Waals surface area contributed by atoms with Crippen LogP contribution in [0.3, 0.4) is 0 Å². The van der Waals surface area contributed by atoms with Crippen LogP contribution >= 0.6 is 0 Å². The van der Waals surface area contributed by atoms with Gasteiger partial charge in [0.05, 0.1) is 6.61 Å². The first-order valence-electron chi connectivity index (χ1n) is 7.52. The van der Waals surface area contributed by atoms with E-state index in [1.54, 1.807) is 7.11 Å². The maximum absolute atomic E-state index is 5.28. The van der Waals surface area contributed by atoms with Crippen LogP contribution in [0.5, 0.6) is 0 Å². The highest BCUT2D eigenvalue weighted by atomic mass is 16.5. The molecule has 0 atom stereocenters. The molecule has 1 N–H and O–H groups in total. The van der Waals surface area contributed by atoms with Gasteiger partial charge in [0.2, 0.25) is 0 Å². The second-order valence-corrected chi connectivity index (χ2v) is 6.03. The molecule has 112 valence electrons. The van der Waals surface area contributed by atoms with Crippen LogP contribution in [0.4, 0.5) is 0 Å². The average Bonchev–Trinajstić information content (AvgIpc) is 2.39. The minimum absolute atomic E-state index is 0.547. The molecule has 0 aliphatic heterocycles. The van der Waals surface area contributed by atoms with Crippen LogP contribution in [0.2, 0.25) is 0 Å². The van der Waals surface area contributed by atoms with E-state index in [4.69, 9.17) is 4.74 Å². The summed E-state index contributed by atoms with van der Waals surface area (Å²) in [6.45, 7) is 11.7. The molecule has 0 spiro atoms. The average molecular weight is 275 g/mol. The number of nitrogens with one attached hydrogen (secondary N) is 1. The van der Waals surface area contributed by atoms with E-state index < -0.39 is 0 Å². The molecule has 0 radical (unpaired) electrons. The summed E-state index contributed by atoms with van der Waals surface area (Å²) in [5.74, 6) is 1.23. The van der Waals surface area contributed by atoms with Gasteiger partial charge >= 0.3 is 0 Å². The maximum atomic E-state index is 5.28. The Labute approximate surface area is 124 Å². The van der Waals surface area contributed by atoms with Crippen LogP contribution < -0.4 is 5.32 Å².